The molecule has 0 aliphatic carbocycles. The van der Waals surface area contributed by atoms with Gasteiger partial charge in [0.15, 0.2) is 0 Å². The smallest absolute Gasteiger partial charge is 0.326 e. The van der Waals surface area contributed by atoms with Crippen molar-refractivity contribution in [3.8, 4) is 0 Å². The summed E-state index contributed by atoms with van der Waals surface area (Å²) in [6.45, 7) is 3.36. The van der Waals surface area contributed by atoms with Crippen molar-refractivity contribution < 1.29 is 9.18 Å². The van der Waals surface area contributed by atoms with Gasteiger partial charge in [-0.05, 0) is 66.4 Å². The molecule has 1 aromatic heterocycles. The van der Waals surface area contributed by atoms with Crippen LogP contribution in [0.4, 0.5) is 20.6 Å². The molecule has 6 aromatic rings. The van der Waals surface area contributed by atoms with Crippen molar-refractivity contribution in [3.05, 3.63) is 121 Å². The van der Waals surface area contributed by atoms with Gasteiger partial charge in [-0.1, -0.05) is 60.7 Å². The van der Waals surface area contributed by atoms with Gasteiger partial charge in [0.05, 0.1) is 12.2 Å². The average Bonchev–Trinajstić information content (AvgIpc) is 3.25. The van der Waals surface area contributed by atoms with E-state index in [1.807, 2.05) is 42.5 Å². The molecule has 5 aromatic carbocycles. The van der Waals surface area contributed by atoms with Crippen LogP contribution < -0.4 is 10.2 Å². The molecule has 4 nitrogen and oxygen atoms in total. The summed E-state index contributed by atoms with van der Waals surface area (Å²) in [5.74, 6) is -0.341. The van der Waals surface area contributed by atoms with E-state index in [1.165, 1.54) is 28.6 Å². The normalized spacial score (nSPS) is 11.3. The number of fused-ring (bicyclic) bond motifs is 4. The van der Waals surface area contributed by atoms with E-state index in [-0.39, 0.29) is 11.8 Å². The fraction of sp³-hybridized carbons (Fsp3) is 0.0938. The maximum absolute atomic E-state index is 13.7. The van der Waals surface area contributed by atoms with Crippen molar-refractivity contribution in [2.24, 2.45) is 0 Å². The van der Waals surface area contributed by atoms with Crippen molar-refractivity contribution in [2.75, 3.05) is 10.2 Å². The Morgan fingerprint density at radius 3 is 2.30 bits per heavy atom. The number of hydrogen-bond donors (Lipinski definition) is 1. The number of carbonyl (C=O) groups excluding carboxylic acids is 1. The molecule has 0 fully saturated rings. The summed E-state index contributed by atoms with van der Waals surface area (Å²) in [5, 5.41) is 7.44. The third-order valence-electron chi connectivity index (χ3n) is 6.91. The number of nitrogens with one attached hydrogen (secondary N) is 1. The lowest BCUT2D eigenvalue weighted by atomic mass is 10.1. The number of hydrogen-bond acceptors (Lipinski definition) is 1. The maximum Gasteiger partial charge on any atom is 0.326 e. The summed E-state index contributed by atoms with van der Waals surface area (Å²) in [5.41, 5.74) is 4.71. The lowest BCUT2D eigenvalue weighted by Crippen LogP contribution is -2.34. The van der Waals surface area contributed by atoms with Gasteiger partial charge in [-0.2, -0.15) is 0 Å². The Balaban J connectivity index is 1.40. The van der Waals surface area contributed by atoms with Crippen LogP contribution in [0, 0.1) is 5.82 Å². The van der Waals surface area contributed by atoms with E-state index < -0.39 is 0 Å². The Labute approximate surface area is 214 Å². The van der Waals surface area contributed by atoms with Crippen molar-refractivity contribution in [1.29, 1.82) is 0 Å². The standard InChI is InChI=1S/C32H26FN3O/c1-2-35-30-13-6-5-11-27(30)28-20-22(14-19-31(28)35)21-36(25-17-15-24(33)16-18-25)32(37)34-29-12-7-9-23-8-3-4-10-26(23)29/h3-20H,2,21H2,1H3,(H,34,37). The second-order valence-corrected chi connectivity index (χ2v) is 9.13. The molecule has 37 heavy (non-hydrogen) atoms. The Morgan fingerprint density at radius 1 is 0.784 bits per heavy atom. The van der Waals surface area contributed by atoms with E-state index in [4.69, 9.17) is 0 Å². The molecule has 5 heteroatoms. The Bertz CT molecular complexity index is 1750. The number of urea groups is 1. The summed E-state index contributed by atoms with van der Waals surface area (Å²) in [7, 11) is 0. The van der Waals surface area contributed by atoms with Gasteiger partial charge < -0.3 is 9.88 Å². The molecule has 6 rings (SSSR count). The van der Waals surface area contributed by atoms with E-state index in [9.17, 15) is 9.18 Å². The molecule has 0 aliphatic rings. The molecular weight excluding hydrogens is 461 g/mol. The number of nitrogens with zero attached hydrogens (tertiary/aromatic N) is 2. The molecular formula is C32H26FN3O. The topological polar surface area (TPSA) is 37.3 Å². The van der Waals surface area contributed by atoms with Crippen LogP contribution in [-0.4, -0.2) is 10.6 Å². The number of amides is 2. The van der Waals surface area contributed by atoms with Crippen molar-refractivity contribution in [1.82, 2.24) is 4.57 Å². The molecule has 2 amide bonds. The van der Waals surface area contributed by atoms with Crippen LogP contribution in [0.5, 0.6) is 0 Å². The Hall–Kier alpha value is -4.64. The molecule has 0 spiro atoms. The Kier molecular flexibility index (Phi) is 5.81. The van der Waals surface area contributed by atoms with Gasteiger partial charge in [-0.15, -0.1) is 0 Å². The lowest BCUT2D eigenvalue weighted by Gasteiger charge is -2.24. The second kappa shape index (κ2) is 9.43. The maximum atomic E-state index is 13.7. The van der Waals surface area contributed by atoms with Gasteiger partial charge in [-0.25, -0.2) is 9.18 Å². The first-order valence-corrected chi connectivity index (χ1v) is 12.4. The van der Waals surface area contributed by atoms with Gasteiger partial charge >= 0.3 is 6.03 Å². The first kappa shape index (κ1) is 22.8. The molecule has 0 saturated carbocycles. The average molecular weight is 488 g/mol. The van der Waals surface area contributed by atoms with Crippen LogP contribution in [0.3, 0.4) is 0 Å². The van der Waals surface area contributed by atoms with Crippen LogP contribution in [0.1, 0.15) is 12.5 Å². The Morgan fingerprint density at radius 2 is 1.49 bits per heavy atom. The molecule has 182 valence electrons. The highest BCUT2D eigenvalue weighted by Gasteiger charge is 2.19. The highest BCUT2D eigenvalue weighted by atomic mass is 19.1. The molecule has 0 bridgehead atoms. The monoisotopic (exact) mass is 487 g/mol. The third kappa shape index (κ3) is 4.19. The molecule has 0 atom stereocenters. The third-order valence-corrected chi connectivity index (χ3v) is 6.91. The SMILES string of the molecule is CCn1c2ccccc2c2cc(CN(C(=O)Nc3cccc4ccccc34)c3ccc(F)cc3)ccc21. The predicted molar refractivity (Wildman–Crippen MR) is 151 cm³/mol. The second-order valence-electron chi connectivity index (χ2n) is 9.13. The zero-order valence-electron chi connectivity index (χ0n) is 20.5. The van der Waals surface area contributed by atoms with E-state index in [1.54, 1.807) is 17.0 Å². The minimum absolute atomic E-state index is 0.279. The molecule has 0 unspecified atom stereocenters. The van der Waals surface area contributed by atoms with Crippen LogP contribution in [0.25, 0.3) is 32.6 Å². The number of para-hydroxylation sites is 1. The van der Waals surface area contributed by atoms with Gasteiger partial charge in [0.2, 0.25) is 0 Å². The van der Waals surface area contributed by atoms with Crippen LogP contribution in [-0.2, 0) is 13.1 Å². The zero-order valence-corrected chi connectivity index (χ0v) is 20.5. The largest absolute Gasteiger partial charge is 0.341 e. The fourth-order valence-corrected chi connectivity index (χ4v) is 5.14. The number of rotatable bonds is 5. The van der Waals surface area contributed by atoms with Crippen molar-refractivity contribution in [2.45, 2.75) is 20.0 Å². The number of aromatic nitrogens is 1. The summed E-state index contributed by atoms with van der Waals surface area (Å²) in [4.78, 5) is 15.3. The van der Waals surface area contributed by atoms with E-state index in [0.29, 0.717) is 12.2 Å². The first-order chi connectivity index (χ1) is 18.1. The van der Waals surface area contributed by atoms with Crippen LogP contribution in [0.15, 0.2) is 109 Å². The molecule has 1 heterocycles. The zero-order chi connectivity index (χ0) is 25.4. The summed E-state index contributed by atoms with van der Waals surface area (Å²) >= 11 is 0. The van der Waals surface area contributed by atoms with Crippen molar-refractivity contribution >= 4 is 50.0 Å². The number of aryl methyl sites for hydroxylation is 1. The van der Waals surface area contributed by atoms with E-state index in [0.717, 1.165) is 34.0 Å². The highest BCUT2D eigenvalue weighted by molar-refractivity contribution is 6.09. The lowest BCUT2D eigenvalue weighted by molar-refractivity contribution is 0.256. The first-order valence-electron chi connectivity index (χ1n) is 12.4. The molecule has 1 N–H and O–H groups in total. The quantitative estimate of drug-likeness (QED) is 0.261. The van der Waals surface area contributed by atoms with Crippen molar-refractivity contribution in [3.63, 3.8) is 0 Å². The number of anilines is 2. The molecule has 0 radical (unpaired) electrons. The van der Waals surface area contributed by atoms with Gasteiger partial charge in [0.25, 0.3) is 0 Å². The summed E-state index contributed by atoms with van der Waals surface area (Å²) < 4.78 is 16.0. The van der Waals surface area contributed by atoms with Gasteiger partial charge in [-0.3, -0.25) is 4.90 Å². The number of carbonyl (C=O) groups is 1. The molecule has 0 saturated heterocycles. The highest BCUT2D eigenvalue weighted by Crippen LogP contribution is 2.31. The van der Waals surface area contributed by atoms with E-state index in [2.05, 4.69) is 59.3 Å². The number of benzene rings is 5. The van der Waals surface area contributed by atoms with Gasteiger partial charge in [0, 0.05) is 39.4 Å². The minimum Gasteiger partial charge on any atom is -0.341 e. The van der Waals surface area contributed by atoms with E-state index >= 15 is 0 Å². The fourth-order valence-electron chi connectivity index (χ4n) is 5.14. The summed E-state index contributed by atoms with van der Waals surface area (Å²) in [6.07, 6.45) is 0. The number of halogens is 1. The van der Waals surface area contributed by atoms with Crippen LogP contribution >= 0.6 is 0 Å². The van der Waals surface area contributed by atoms with Gasteiger partial charge in [0.1, 0.15) is 5.82 Å². The minimum atomic E-state index is -0.341. The summed E-state index contributed by atoms with van der Waals surface area (Å²) in [6, 6.07) is 34.3. The molecule has 0 aliphatic heterocycles. The predicted octanol–water partition coefficient (Wildman–Crippen LogP) is 8.35. The van der Waals surface area contributed by atoms with Crippen LogP contribution in [0.2, 0.25) is 0 Å².